The molecule has 0 saturated carbocycles. The number of pyridine rings is 1. The number of nitrogens with zero attached hydrogens (tertiary/aromatic N) is 3. The van der Waals surface area contributed by atoms with Gasteiger partial charge in [-0.2, -0.15) is 10.0 Å². The maximum atomic E-state index is 5.39. The van der Waals surface area contributed by atoms with Crippen molar-refractivity contribution >= 4 is 21.1 Å². The fourth-order valence-corrected chi connectivity index (χ4v) is 4.09. The summed E-state index contributed by atoms with van der Waals surface area (Å²) in [6.45, 7) is 6.11. The van der Waals surface area contributed by atoms with Crippen LogP contribution in [-0.2, 0) is 0 Å². The summed E-state index contributed by atoms with van der Waals surface area (Å²) < 4.78 is 7.66. The first-order chi connectivity index (χ1) is 14.2. The van der Waals surface area contributed by atoms with Gasteiger partial charge in [-0.25, -0.2) is 0 Å². The van der Waals surface area contributed by atoms with Crippen LogP contribution in [0.4, 0.5) is 0 Å². The fraction of sp³-hybridized carbons (Fsp3) is 0.280. The molecule has 3 aromatic heterocycles. The van der Waals surface area contributed by atoms with E-state index in [1.165, 1.54) is 5.56 Å². The summed E-state index contributed by atoms with van der Waals surface area (Å²) in [5.41, 5.74) is 7.12. The van der Waals surface area contributed by atoms with Gasteiger partial charge in [0.05, 0.1) is 22.8 Å². The number of hydrogen-bond donors (Lipinski definition) is 0. The van der Waals surface area contributed by atoms with E-state index in [4.69, 9.17) is 9.51 Å². The topological polar surface area (TPSA) is 43.9 Å². The minimum absolute atomic E-state index is 0.160. The largest absolute Gasteiger partial charge is 0.361 e. The minimum atomic E-state index is -0.928. The van der Waals surface area contributed by atoms with Crippen LogP contribution >= 0.6 is 10.0 Å². The minimum Gasteiger partial charge on any atom is -0.361 e. The van der Waals surface area contributed by atoms with Crippen LogP contribution in [0.5, 0.6) is 0 Å². The van der Waals surface area contributed by atoms with Crippen molar-refractivity contribution in [3.63, 3.8) is 0 Å². The molecule has 4 rings (SSSR count). The van der Waals surface area contributed by atoms with Crippen molar-refractivity contribution in [3.8, 4) is 22.3 Å². The molecular weight excluding hydrogens is 390 g/mol. The lowest BCUT2D eigenvalue weighted by atomic mass is 10.1. The first-order valence-electron chi connectivity index (χ1n) is 9.94. The highest BCUT2D eigenvalue weighted by atomic mass is 32.3. The molecule has 0 N–H and O–H groups in total. The molecule has 0 aliphatic heterocycles. The van der Waals surface area contributed by atoms with Gasteiger partial charge in [0.25, 0.3) is 0 Å². The zero-order chi connectivity index (χ0) is 21.5. The van der Waals surface area contributed by atoms with Crippen molar-refractivity contribution in [3.05, 3.63) is 71.4 Å². The Kier molecular flexibility index (Phi) is 5.21. The Morgan fingerprint density at radius 3 is 2.47 bits per heavy atom. The number of rotatable bonds is 3. The summed E-state index contributed by atoms with van der Waals surface area (Å²) in [6, 6.07) is 12.9. The van der Waals surface area contributed by atoms with E-state index in [-0.39, 0.29) is 6.04 Å². The monoisotopic (exact) mass is 417 g/mol. The molecule has 1 aromatic carbocycles. The lowest BCUT2D eigenvalue weighted by Crippen LogP contribution is -2.05. The van der Waals surface area contributed by atoms with Crippen LogP contribution in [0.2, 0.25) is 0 Å². The van der Waals surface area contributed by atoms with Crippen LogP contribution in [0.15, 0.2) is 53.3 Å². The van der Waals surface area contributed by atoms with E-state index in [9.17, 15) is 0 Å². The second kappa shape index (κ2) is 7.70. The Hall–Kier alpha value is -2.97. The molecule has 3 heterocycles. The fourth-order valence-electron chi connectivity index (χ4n) is 3.67. The van der Waals surface area contributed by atoms with Crippen molar-refractivity contribution in [2.75, 3.05) is 18.8 Å². The molecule has 0 bridgehead atoms. The van der Waals surface area contributed by atoms with Crippen LogP contribution in [0.1, 0.15) is 35.5 Å². The Labute approximate surface area is 179 Å². The highest BCUT2D eigenvalue weighted by molar-refractivity contribution is 8.35. The average Bonchev–Trinajstić information content (AvgIpc) is 3.25. The number of aromatic nitrogens is 3. The molecule has 0 aliphatic rings. The third-order valence-electron chi connectivity index (χ3n) is 5.18. The zero-order valence-corrected chi connectivity index (χ0v) is 19.2. The molecule has 0 aliphatic carbocycles. The summed E-state index contributed by atoms with van der Waals surface area (Å²) in [6.07, 6.45) is 10.7. The van der Waals surface area contributed by atoms with E-state index in [1.807, 2.05) is 26.1 Å². The van der Waals surface area contributed by atoms with Gasteiger partial charge in [-0.1, -0.05) is 41.4 Å². The third-order valence-corrected chi connectivity index (χ3v) is 5.90. The number of fused-ring (bicyclic) bond motifs is 1. The van der Waals surface area contributed by atoms with Crippen LogP contribution in [0, 0.1) is 25.0 Å². The molecule has 0 fully saturated rings. The molecule has 4 aromatic rings. The molecule has 5 heteroatoms. The zero-order valence-electron chi connectivity index (χ0n) is 18.4. The van der Waals surface area contributed by atoms with Gasteiger partial charge in [0, 0.05) is 23.5 Å². The SMILES string of the molecule is Cc1noc(C)c1-c1cnc2c(C#CS(C)(C)C)cn(C(C)c3ccccc3)c2c1. The maximum absolute atomic E-state index is 5.39. The van der Waals surface area contributed by atoms with Gasteiger partial charge >= 0.3 is 0 Å². The summed E-state index contributed by atoms with van der Waals surface area (Å²) in [7, 11) is -0.928. The number of benzene rings is 1. The summed E-state index contributed by atoms with van der Waals surface area (Å²) in [4.78, 5) is 4.83. The molecule has 0 radical (unpaired) electrons. The van der Waals surface area contributed by atoms with Gasteiger partial charge in [-0.05, 0) is 56.4 Å². The van der Waals surface area contributed by atoms with E-state index >= 15 is 0 Å². The standard InChI is InChI=1S/C25H27N3OS/c1-17-24(19(3)29-27-17)22-14-23-25(26-15-22)21(12-13-30(4,5)6)16-28(23)18(2)20-10-8-7-9-11-20/h7-11,14-16,18H,1-6H3. The van der Waals surface area contributed by atoms with Crippen molar-refractivity contribution in [2.24, 2.45) is 0 Å². The van der Waals surface area contributed by atoms with Crippen molar-refractivity contribution in [1.82, 2.24) is 14.7 Å². The predicted molar refractivity (Wildman–Crippen MR) is 127 cm³/mol. The molecule has 0 saturated heterocycles. The smallest absolute Gasteiger partial charge is 0.141 e. The summed E-state index contributed by atoms with van der Waals surface area (Å²) in [5.74, 6) is 4.21. The van der Waals surface area contributed by atoms with E-state index in [2.05, 4.69) is 83.1 Å². The first kappa shape index (κ1) is 20.3. The van der Waals surface area contributed by atoms with Crippen molar-refractivity contribution < 1.29 is 4.52 Å². The lowest BCUT2D eigenvalue weighted by Gasteiger charge is -2.16. The highest BCUT2D eigenvalue weighted by Gasteiger charge is 2.18. The van der Waals surface area contributed by atoms with Gasteiger partial charge in [0.1, 0.15) is 11.3 Å². The van der Waals surface area contributed by atoms with Gasteiger partial charge < -0.3 is 9.09 Å². The van der Waals surface area contributed by atoms with Gasteiger partial charge in [-0.3, -0.25) is 4.98 Å². The average molecular weight is 418 g/mol. The van der Waals surface area contributed by atoms with E-state index in [0.717, 1.165) is 39.2 Å². The second-order valence-electron chi connectivity index (χ2n) is 8.39. The molecule has 1 unspecified atom stereocenters. The maximum Gasteiger partial charge on any atom is 0.141 e. The van der Waals surface area contributed by atoms with Crippen LogP contribution in [0.25, 0.3) is 22.2 Å². The number of aryl methyl sites for hydroxylation is 2. The molecule has 0 spiro atoms. The Morgan fingerprint density at radius 2 is 1.83 bits per heavy atom. The van der Waals surface area contributed by atoms with E-state index in [0.29, 0.717) is 0 Å². The van der Waals surface area contributed by atoms with Crippen LogP contribution in [0.3, 0.4) is 0 Å². The number of hydrogen-bond acceptors (Lipinski definition) is 3. The predicted octanol–water partition coefficient (Wildman–Crippen LogP) is 5.92. The lowest BCUT2D eigenvalue weighted by molar-refractivity contribution is 0.393. The normalized spacial score (nSPS) is 13.1. The van der Waals surface area contributed by atoms with Crippen LogP contribution < -0.4 is 0 Å². The molecule has 1 atom stereocenters. The van der Waals surface area contributed by atoms with Crippen LogP contribution in [-0.4, -0.2) is 33.5 Å². The second-order valence-corrected chi connectivity index (χ2v) is 12.3. The third kappa shape index (κ3) is 3.88. The Bertz CT molecular complexity index is 1250. The highest BCUT2D eigenvalue weighted by Crippen LogP contribution is 2.35. The molecule has 4 nitrogen and oxygen atoms in total. The first-order valence-corrected chi connectivity index (χ1v) is 12.8. The molecule has 30 heavy (non-hydrogen) atoms. The van der Waals surface area contributed by atoms with Crippen molar-refractivity contribution in [2.45, 2.75) is 26.8 Å². The van der Waals surface area contributed by atoms with Gasteiger partial charge in [0.15, 0.2) is 0 Å². The Balaban J connectivity index is 1.94. The quantitative estimate of drug-likeness (QED) is 0.389. The molecule has 0 amide bonds. The summed E-state index contributed by atoms with van der Waals surface area (Å²) >= 11 is 0. The van der Waals surface area contributed by atoms with E-state index < -0.39 is 10.0 Å². The van der Waals surface area contributed by atoms with Gasteiger partial charge in [-0.15, -0.1) is 0 Å². The molecular formula is C25H27N3OS. The summed E-state index contributed by atoms with van der Waals surface area (Å²) in [5, 5.41) is 7.55. The molecule has 154 valence electrons. The van der Waals surface area contributed by atoms with E-state index in [1.54, 1.807) is 0 Å². The van der Waals surface area contributed by atoms with Gasteiger partial charge in [0.2, 0.25) is 0 Å². The Morgan fingerprint density at radius 1 is 1.10 bits per heavy atom. The van der Waals surface area contributed by atoms with Crippen molar-refractivity contribution in [1.29, 1.82) is 0 Å².